The van der Waals surface area contributed by atoms with Gasteiger partial charge in [-0.3, -0.25) is 4.21 Å². The average molecular weight is 296 g/mol. The lowest BCUT2D eigenvalue weighted by atomic mass is 10.0. The smallest absolute Gasteiger partial charge is 0.321 e. The van der Waals surface area contributed by atoms with E-state index < -0.39 is 11.1 Å². The number of nitrogens with one attached hydrogen (secondary N) is 2. The first-order valence-electron chi connectivity index (χ1n) is 6.44. The Morgan fingerprint density at radius 1 is 1.50 bits per heavy atom. The zero-order valence-electron chi connectivity index (χ0n) is 11.5. The van der Waals surface area contributed by atoms with Crippen molar-refractivity contribution in [1.29, 1.82) is 0 Å². The largest absolute Gasteiger partial charge is 0.768 e. The molecule has 1 unspecified atom stereocenters. The molecule has 0 radical (unpaired) electrons. The van der Waals surface area contributed by atoms with Crippen LogP contribution in [-0.2, 0) is 11.1 Å². The van der Waals surface area contributed by atoms with Crippen LogP contribution in [0.2, 0.25) is 0 Å². The van der Waals surface area contributed by atoms with Crippen LogP contribution in [0.15, 0.2) is 23.1 Å². The molecule has 1 saturated heterocycles. The van der Waals surface area contributed by atoms with Crippen molar-refractivity contribution in [3.63, 3.8) is 0 Å². The molecule has 1 aromatic rings. The predicted octanol–water partition coefficient (Wildman–Crippen LogP) is 1.44. The van der Waals surface area contributed by atoms with Crippen LogP contribution in [0, 0.1) is 0 Å². The van der Waals surface area contributed by atoms with Crippen molar-refractivity contribution in [1.82, 2.24) is 10.2 Å². The summed E-state index contributed by atoms with van der Waals surface area (Å²) in [5, 5.41) is 6.00. The van der Waals surface area contributed by atoms with Crippen molar-refractivity contribution in [2.75, 3.05) is 26.0 Å². The molecule has 0 saturated carbocycles. The second-order valence-corrected chi connectivity index (χ2v) is 5.87. The minimum atomic E-state index is -2.28. The first kappa shape index (κ1) is 15.0. The zero-order chi connectivity index (χ0) is 14.7. The molecule has 1 aliphatic heterocycles. The van der Waals surface area contributed by atoms with Crippen molar-refractivity contribution in [3.05, 3.63) is 23.8 Å². The van der Waals surface area contributed by atoms with Gasteiger partial charge in [-0.1, -0.05) is 0 Å². The molecular formula is C13H18N3O3S-. The van der Waals surface area contributed by atoms with Crippen LogP contribution in [0.3, 0.4) is 0 Å². The summed E-state index contributed by atoms with van der Waals surface area (Å²) in [5.74, 6) is 0. The quantitative estimate of drug-likeness (QED) is 0.827. The number of benzene rings is 1. The molecule has 1 aromatic carbocycles. The van der Waals surface area contributed by atoms with E-state index in [2.05, 4.69) is 10.6 Å². The van der Waals surface area contributed by atoms with E-state index >= 15 is 0 Å². The summed E-state index contributed by atoms with van der Waals surface area (Å²) in [7, 11) is 3.30. The number of hydrogen-bond acceptors (Lipinski definition) is 4. The maximum atomic E-state index is 11.6. The van der Waals surface area contributed by atoms with Crippen LogP contribution < -0.4 is 10.6 Å². The van der Waals surface area contributed by atoms with Gasteiger partial charge in [-0.15, -0.1) is 0 Å². The van der Waals surface area contributed by atoms with Gasteiger partial charge >= 0.3 is 6.03 Å². The van der Waals surface area contributed by atoms with Gasteiger partial charge in [0.1, 0.15) is 0 Å². The Bertz CT molecular complexity index is 528. The fourth-order valence-corrected chi connectivity index (χ4v) is 2.81. The van der Waals surface area contributed by atoms with E-state index in [1.807, 2.05) is 0 Å². The van der Waals surface area contributed by atoms with Gasteiger partial charge in [-0.2, -0.15) is 0 Å². The van der Waals surface area contributed by atoms with E-state index in [-0.39, 0.29) is 17.0 Å². The SMILES string of the molecule is CN(C)C(=O)Nc1ccc(S(=O)[O-])c([C@H]2CCCN2)c1. The number of rotatable bonds is 3. The Kier molecular flexibility index (Phi) is 4.74. The monoisotopic (exact) mass is 296 g/mol. The minimum absolute atomic E-state index is 0.0270. The Morgan fingerprint density at radius 2 is 2.25 bits per heavy atom. The third-order valence-corrected chi connectivity index (χ3v) is 4.01. The van der Waals surface area contributed by atoms with Gasteiger partial charge in [0.05, 0.1) is 0 Å². The van der Waals surface area contributed by atoms with Crippen LogP contribution in [0.5, 0.6) is 0 Å². The highest BCUT2D eigenvalue weighted by atomic mass is 32.2. The summed E-state index contributed by atoms with van der Waals surface area (Å²) >= 11 is -2.28. The molecule has 0 bridgehead atoms. The molecule has 0 spiro atoms. The Labute approximate surface area is 120 Å². The lowest BCUT2D eigenvalue weighted by Crippen LogP contribution is -2.27. The minimum Gasteiger partial charge on any atom is -0.768 e. The molecule has 1 heterocycles. The van der Waals surface area contributed by atoms with Crippen molar-refractivity contribution < 1.29 is 13.6 Å². The van der Waals surface area contributed by atoms with Crippen molar-refractivity contribution >= 4 is 22.8 Å². The molecule has 2 amide bonds. The number of carbonyl (C=O) groups excluding carboxylic acids is 1. The summed E-state index contributed by atoms with van der Waals surface area (Å²) in [6.45, 7) is 0.879. The maximum absolute atomic E-state index is 11.6. The lowest BCUT2D eigenvalue weighted by Gasteiger charge is -2.19. The van der Waals surface area contributed by atoms with Crippen LogP contribution >= 0.6 is 0 Å². The van der Waals surface area contributed by atoms with Gasteiger partial charge in [0.25, 0.3) is 0 Å². The standard InChI is InChI=1S/C13H19N3O3S/c1-16(2)13(17)15-9-5-6-12(20(18)19)10(8-9)11-4-3-7-14-11/h5-6,8,11,14H,3-4,7H2,1-2H3,(H,15,17)(H,18,19)/p-1/t11-/m1/s1. The predicted molar refractivity (Wildman–Crippen MR) is 76.3 cm³/mol. The highest BCUT2D eigenvalue weighted by Crippen LogP contribution is 2.30. The zero-order valence-corrected chi connectivity index (χ0v) is 12.3. The second-order valence-electron chi connectivity index (χ2n) is 4.96. The molecular weight excluding hydrogens is 278 g/mol. The molecule has 2 atom stereocenters. The van der Waals surface area contributed by atoms with Gasteiger partial charge in [-0.25, -0.2) is 4.79 Å². The number of anilines is 1. The highest BCUT2D eigenvalue weighted by Gasteiger charge is 2.20. The molecule has 20 heavy (non-hydrogen) atoms. The molecule has 6 nitrogen and oxygen atoms in total. The van der Waals surface area contributed by atoms with Crippen molar-refractivity contribution in [2.24, 2.45) is 0 Å². The van der Waals surface area contributed by atoms with E-state index in [0.29, 0.717) is 11.3 Å². The topological polar surface area (TPSA) is 84.5 Å². The number of nitrogens with zero attached hydrogens (tertiary/aromatic N) is 1. The average Bonchev–Trinajstić information content (AvgIpc) is 2.91. The number of carbonyl (C=O) groups is 1. The van der Waals surface area contributed by atoms with Gasteiger partial charge in [-0.05, 0) is 54.2 Å². The highest BCUT2D eigenvalue weighted by molar-refractivity contribution is 7.79. The summed E-state index contributed by atoms with van der Waals surface area (Å²) in [6, 6.07) is 4.65. The molecule has 1 aliphatic rings. The second kappa shape index (κ2) is 6.34. The first-order valence-corrected chi connectivity index (χ1v) is 7.51. The molecule has 0 aliphatic carbocycles. The van der Waals surface area contributed by atoms with Gasteiger partial charge in [0.2, 0.25) is 0 Å². The molecule has 2 rings (SSSR count). The summed E-state index contributed by atoms with van der Waals surface area (Å²) < 4.78 is 22.6. The van der Waals surface area contributed by atoms with Gasteiger partial charge in [0.15, 0.2) is 0 Å². The fourth-order valence-electron chi connectivity index (χ4n) is 2.24. The van der Waals surface area contributed by atoms with Crippen molar-refractivity contribution in [2.45, 2.75) is 23.8 Å². The Morgan fingerprint density at radius 3 is 2.80 bits per heavy atom. The maximum Gasteiger partial charge on any atom is 0.321 e. The van der Waals surface area contributed by atoms with E-state index in [0.717, 1.165) is 19.4 Å². The van der Waals surface area contributed by atoms with E-state index in [4.69, 9.17) is 0 Å². The Hall–Kier alpha value is -1.44. The van der Waals surface area contributed by atoms with Gasteiger partial charge < -0.3 is 20.1 Å². The van der Waals surface area contributed by atoms with Crippen LogP contribution in [-0.4, -0.2) is 40.3 Å². The van der Waals surface area contributed by atoms with E-state index in [1.165, 1.54) is 11.0 Å². The normalized spacial score (nSPS) is 19.6. The third kappa shape index (κ3) is 3.36. The van der Waals surface area contributed by atoms with Crippen LogP contribution in [0.4, 0.5) is 10.5 Å². The van der Waals surface area contributed by atoms with Gasteiger partial charge in [0, 0.05) is 30.7 Å². The molecule has 0 aromatic heterocycles. The van der Waals surface area contributed by atoms with E-state index in [9.17, 15) is 13.6 Å². The summed E-state index contributed by atoms with van der Waals surface area (Å²) in [6.07, 6.45) is 1.92. The van der Waals surface area contributed by atoms with Crippen LogP contribution in [0.25, 0.3) is 0 Å². The first-order chi connectivity index (χ1) is 9.49. The fraction of sp³-hybridized carbons (Fsp3) is 0.462. The summed E-state index contributed by atoms with van der Waals surface area (Å²) in [5.41, 5.74) is 1.31. The number of urea groups is 1. The number of hydrogen-bond donors (Lipinski definition) is 2. The Balaban J connectivity index is 2.30. The molecule has 110 valence electrons. The molecule has 1 fully saturated rings. The third-order valence-electron chi connectivity index (χ3n) is 3.28. The molecule has 2 N–H and O–H groups in total. The number of amides is 2. The van der Waals surface area contributed by atoms with Crippen molar-refractivity contribution in [3.8, 4) is 0 Å². The summed E-state index contributed by atoms with van der Waals surface area (Å²) in [4.78, 5) is 13.3. The lowest BCUT2D eigenvalue weighted by molar-refractivity contribution is 0.230. The molecule has 7 heteroatoms. The van der Waals surface area contributed by atoms with Crippen LogP contribution in [0.1, 0.15) is 24.4 Å². The van der Waals surface area contributed by atoms with E-state index in [1.54, 1.807) is 26.2 Å².